The van der Waals surface area contributed by atoms with E-state index in [1.165, 1.54) is 28.6 Å². The molecule has 1 amide bonds. The number of alkyl halides is 3. The number of thiophene rings is 1. The maximum absolute atomic E-state index is 13.3. The summed E-state index contributed by atoms with van der Waals surface area (Å²) in [6.07, 6.45) is -3.46. The summed E-state index contributed by atoms with van der Waals surface area (Å²) in [7, 11) is -3.86. The molecule has 0 aliphatic carbocycles. The summed E-state index contributed by atoms with van der Waals surface area (Å²) >= 11 is 6.87. The molecule has 1 saturated heterocycles. The van der Waals surface area contributed by atoms with E-state index in [2.05, 4.69) is 5.32 Å². The second kappa shape index (κ2) is 9.81. The summed E-state index contributed by atoms with van der Waals surface area (Å²) in [5, 5.41) is 2.96. The van der Waals surface area contributed by atoms with Crippen LogP contribution in [0.25, 0.3) is 11.1 Å². The fraction of sp³-hybridized carbons (Fsp3) is 0.320. The maximum Gasteiger partial charge on any atom is 0.416 e. The van der Waals surface area contributed by atoms with Crippen molar-refractivity contribution in [2.24, 2.45) is 0 Å². The van der Waals surface area contributed by atoms with Crippen LogP contribution in [0.1, 0.15) is 37.8 Å². The Bertz CT molecular complexity index is 1370. The molecule has 4 rings (SSSR count). The molecule has 1 fully saturated rings. The third kappa shape index (κ3) is 5.46. The fourth-order valence-corrected chi connectivity index (χ4v) is 7.51. The number of amides is 1. The first-order valence-electron chi connectivity index (χ1n) is 11.2. The third-order valence-electron chi connectivity index (χ3n) is 6.18. The molecule has 2 aromatic carbocycles. The lowest BCUT2D eigenvalue weighted by Gasteiger charge is -2.31. The molecule has 1 aliphatic heterocycles. The number of hydrogen-bond acceptors (Lipinski definition) is 4. The van der Waals surface area contributed by atoms with Crippen LogP contribution in [0, 0.1) is 0 Å². The van der Waals surface area contributed by atoms with Crippen molar-refractivity contribution < 1.29 is 26.4 Å². The zero-order valence-electron chi connectivity index (χ0n) is 19.5. The standard InChI is InChI=1S/C25H24ClF3N2O3S2/c1-24(2,19-6-3-5-17(15-19)16-8-10-18(11-9-16)25(27,28)29)30-23(32)20-7-4-14-31(20)36(33,34)22-13-12-21(26)35-22/h3,5-6,8-13,15,20H,4,7,14H2,1-2H3,(H,30,32). The quantitative estimate of drug-likeness (QED) is 0.388. The molecular formula is C25H24ClF3N2O3S2. The number of nitrogens with zero attached hydrogens (tertiary/aromatic N) is 1. The van der Waals surface area contributed by atoms with Gasteiger partial charge in [0.1, 0.15) is 10.3 Å². The molecule has 192 valence electrons. The van der Waals surface area contributed by atoms with E-state index >= 15 is 0 Å². The molecule has 5 nitrogen and oxygen atoms in total. The van der Waals surface area contributed by atoms with Crippen molar-refractivity contribution in [2.45, 2.75) is 48.7 Å². The van der Waals surface area contributed by atoms with Crippen molar-refractivity contribution in [3.05, 3.63) is 76.1 Å². The molecule has 1 N–H and O–H groups in total. The van der Waals surface area contributed by atoms with E-state index < -0.39 is 39.3 Å². The lowest BCUT2D eigenvalue weighted by Crippen LogP contribution is -2.51. The highest BCUT2D eigenvalue weighted by atomic mass is 35.5. The van der Waals surface area contributed by atoms with Crippen molar-refractivity contribution in [1.29, 1.82) is 0 Å². The Morgan fingerprint density at radius 1 is 1.03 bits per heavy atom. The van der Waals surface area contributed by atoms with Crippen molar-refractivity contribution in [3.8, 4) is 11.1 Å². The van der Waals surface area contributed by atoms with Crippen LogP contribution in [0.4, 0.5) is 13.2 Å². The second-order valence-corrected chi connectivity index (χ2v) is 12.9. The van der Waals surface area contributed by atoms with E-state index in [1.807, 2.05) is 6.07 Å². The van der Waals surface area contributed by atoms with E-state index in [-0.39, 0.29) is 10.8 Å². The molecule has 1 unspecified atom stereocenters. The number of benzene rings is 2. The van der Waals surface area contributed by atoms with Gasteiger partial charge in [0.15, 0.2) is 0 Å². The Morgan fingerprint density at radius 2 is 1.72 bits per heavy atom. The highest BCUT2D eigenvalue weighted by molar-refractivity contribution is 7.91. The topological polar surface area (TPSA) is 66.5 Å². The van der Waals surface area contributed by atoms with E-state index in [0.717, 1.165) is 29.0 Å². The third-order valence-corrected chi connectivity index (χ3v) is 9.79. The maximum atomic E-state index is 13.3. The zero-order valence-corrected chi connectivity index (χ0v) is 21.9. The summed E-state index contributed by atoms with van der Waals surface area (Å²) in [6, 6.07) is 14.1. The number of carbonyl (C=O) groups is 1. The minimum absolute atomic E-state index is 0.0932. The van der Waals surface area contributed by atoms with Crippen LogP contribution in [-0.4, -0.2) is 31.2 Å². The summed E-state index contributed by atoms with van der Waals surface area (Å²) in [5.41, 5.74) is 0.433. The summed E-state index contributed by atoms with van der Waals surface area (Å²) in [4.78, 5) is 13.3. The van der Waals surface area contributed by atoms with Gasteiger partial charge >= 0.3 is 6.18 Å². The first-order chi connectivity index (χ1) is 16.8. The Labute approximate surface area is 216 Å². The second-order valence-electron chi connectivity index (χ2n) is 9.10. The average Bonchev–Trinajstić information content (AvgIpc) is 3.49. The highest BCUT2D eigenvalue weighted by Gasteiger charge is 2.41. The first kappa shape index (κ1) is 26.7. The lowest BCUT2D eigenvalue weighted by atomic mass is 9.90. The zero-order chi connectivity index (χ0) is 26.3. The molecule has 0 spiro atoms. The van der Waals surface area contributed by atoms with Gasteiger partial charge in [0.25, 0.3) is 10.0 Å². The molecule has 1 aromatic heterocycles. The van der Waals surface area contributed by atoms with Gasteiger partial charge in [0, 0.05) is 6.54 Å². The van der Waals surface area contributed by atoms with Crippen molar-refractivity contribution >= 4 is 38.9 Å². The minimum atomic E-state index is -4.41. The largest absolute Gasteiger partial charge is 0.416 e. The van der Waals surface area contributed by atoms with Gasteiger partial charge in [0.05, 0.1) is 15.4 Å². The SMILES string of the molecule is CC(C)(NC(=O)C1CCCN1S(=O)(=O)c1ccc(Cl)s1)c1cccc(-c2ccc(C(F)(F)F)cc2)c1. The highest BCUT2D eigenvalue weighted by Crippen LogP contribution is 2.34. The first-order valence-corrected chi connectivity index (χ1v) is 13.8. The van der Waals surface area contributed by atoms with Crippen molar-refractivity contribution in [3.63, 3.8) is 0 Å². The van der Waals surface area contributed by atoms with Gasteiger partial charge in [-0.05, 0) is 73.7 Å². The van der Waals surface area contributed by atoms with Gasteiger partial charge in [-0.25, -0.2) is 8.42 Å². The fourth-order valence-electron chi connectivity index (χ4n) is 4.24. The van der Waals surface area contributed by atoms with Crippen LogP contribution >= 0.6 is 22.9 Å². The summed E-state index contributed by atoms with van der Waals surface area (Å²) < 4.78 is 66.6. The monoisotopic (exact) mass is 556 g/mol. The number of nitrogens with one attached hydrogen (secondary N) is 1. The van der Waals surface area contributed by atoms with Gasteiger partial charge in [-0.3, -0.25) is 4.79 Å². The minimum Gasteiger partial charge on any atom is -0.346 e. The van der Waals surface area contributed by atoms with E-state index in [1.54, 1.807) is 32.0 Å². The van der Waals surface area contributed by atoms with Gasteiger partial charge in [-0.2, -0.15) is 17.5 Å². The molecular weight excluding hydrogens is 533 g/mol. The molecule has 0 saturated carbocycles. The van der Waals surface area contributed by atoms with Gasteiger partial charge in [-0.15, -0.1) is 11.3 Å². The molecule has 1 atom stereocenters. The van der Waals surface area contributed by atoms with Crippen LogP contribution in [0.2, 0.25) is 4.34 Å². The van der Waals surface area contributed by atoms with Crippen LogP contribution in [0.15, 0.2) is 64.9 Å². The van der Waals surface area contributed by atoms with Crippen LogP contribution in [-0.2, 0) is 26.5 Å². The van der Waals surface area contributed by atoms with Gasteiger partial charge in [0.2, 0.25) is 5.91 Å². The van der Waals surface area contributed by atoms with E-state index in [4.69, 9.17) is 11.6 Å². The van der Waals surface area contributed by atoms with Crippen LogP contribution in [0.3, 0.4) is 0 Å². The van der Waals surface area contributed by atoms with Gasteiger partial charge < -0.3 is 5.32 Å². The molecule has 3 aromatic rings. The van der Waals surface area contributed by atoms with Crippen LogP contribution < -0.4 is 5.32 Å². The average molecular weight is 557 g/mol. The summed E-state index contributed by atoms with van der Waals surface area (Å²) in [5.74, 6) is -0.413. The smallest absolute Gasteiger partial charge is 0.346 e. The lowest BCUT2D eigenvalue weighted by molar-refractivity contribution is -0.137. The Balaban J connectivity index is 1.54. The Hall–Kier alpha value is -2.40. The number of halogens is 4. The molecule has 0 radical (unpaired) electrons. The molecule has 1 aliphatic rings. The number of sulfonamides is 1. The van der Waals surface area contributed by atoms with Crippen molar-refractivity contribution in [1.82, 2.24) is 9.62 Å². The predicted molar refractivity (Wildman–Crippen MR) is 134 cm³/mol. The normalized spacial score (nSPS) is 17.3. The molecule has 36 heavy (non-hydrogen) atoms. The number of carbonyl (C=O) groups excluding carboxylic acids is 1. The van der Waals surface area contributed by atoms with Gasteiger partial charge in [-0.1, -0.05) is 41.9 Å². The van der Waals surface area contributed by atoms with Crippen molar-refractivity contribution in [2.75, 3.05) is 6.54 Å². The van der Waals surface area contributed by atoms with E-state index in [0.29, 0.717) is 28.3 Å². The summed E-state index contributed by atoms with van der Waals surface area (Å²) in [6.45, 7) is 3.83. The number of hydrogen-bond donors (Lipinski definition) is 1. The van der Waals surface area contributed by atoms with E-state index in [9.17, 15) is 26.4 Å². The molecule has 0 bridgehead atoms. The number of rotatable bonds is 6. The predicted octanol–water partition coefficient (Wildman–Crippen LogP) is 6.29. The Morgan fingerprint density at radius 3 is 2.33 bits per heavy atom. The molecule has 2 heterocycles. The molecule has 11 heteroatoms. The Kier molecular flexibility index (Phi) is 7.27. The van der Waals surface area contributed by atoms with Crippen LogP contribution in [0.5, 0.6) is 0 Å².